The molecule has 0 N–H and O–H groups in total. The van der Waals surface area contributed by atoms with E-state index >= 15 is 0 Å². The monoisotopic (exact) mass is 323 g/mol. The number of hydrogen-bond acceptors (Lipinski definition) is 4. The Balaban J connectivity index is 2.06. The highest BCUT2D eigenvalue weighted by Gasteiger charge is 2.15. The number of pyridine rings is 1. The first-order chi connectivity index (χ1) is 11.5. The number of ether oxygens (including phenoxy) is 1. The van der Waals surface area contributed by atoms with Crippen LogP contribution < -0.4 is 4.74 Å². The van der Waals surface area contributed by atoms with Gasteiger partial charge in [0.1, 0.15) is 11.5 Å². The summed E-state index contributed by atoms with van der Waals surface area (Å²) in [5.41, 5.74) is 1.28. The first kappa shape index (κ1) is 15.4. The highest BCUT2D eigenvalue weighted by Crippen LogP contribution is 2.34. The summed E-state index contributed by atoms with van der Waals surface area (Å²) in [5.74, 6) is -0.470. The van der Waals surface area contributed by atoms with Gasteiger partial charge in [-0.05, 0) is 36.8 Å². The van der Waals surface area contributed by atoms with Gasteiger partial charge in [-0.15, -0.1) is 0 Å². The molecule has 0 aliphatic carbocycles. The van der Waals surface area contributed by atoms with E-state index in [1.54, 1.807) is 18.2 Å². The fourth-order valence-electron chi connectivity index (χ4n) is 2.30. The zero-order valence-corrected chi connectivity index (χ0v) is 12.5. The SMILES string of the molecule is [C-]#[N+]c1cc2c(Oc3ccc([N+](=O)[O-])c(F)c3)ccnc2cc1C. The van der Waals surface area contributed by atoms with Crippen LogP contribution in [0.25, 0.3) is 15.7 Å². The molecule has 7 heteroatoms. The second kappa shape index (κ2) is 5.93. The lowest BCUT2D eigenvalue weighted by molar-refractivity contribution is -0.387. The normalized spacial score (nSPS) is 10.4. The molecular weight excluding hydrogens is 313 g/mol. The number of nitrogens with zero attached hydrogens (tertiary/aromatic N) is 3. The summed E-state index contributed by atoms with van der Waals surface area (Å²) in [4.78, 5) is 17.5. The average Bonchev–Trinajstić information content (AvgIpc) is 2.54. The molecule has 118 valence electrons. The molecule has 1 aromatic heterocycles. The van der Waals surface area contributed by atoms with Gasteiger partial charge in [-0.25, -0.2) is 4.85 Å². The molecule has 0 aliphatic heterocycles. The second-order valence-electron chi connectivity index (χ2n) is 5.05. The van der Waals surface area contributed by atoms with E-state index in [0.717, 1.165) is 17.7 Å². The van der Waals surface area contributed by atoms with Gasteiger partial charge in [-0.2, -0.15) is 4.39 Å². The Labute approximate surface area is 136 Å². The molecule has 6 nitrogen and oxygen atoms in total. The van der Waals surface area contributed by atoms with E-state index in [2.05, 4.69) is 9.83 Å². The largest absolute Gasteiger partial charge is 0.457 e. The van der Waals surface area contributed by atoms with Crippen LogP contribution in [0.3, 0.4) is 0 Å². The van der Waals surface area contributed by atoms with Crippen LogP contribution in [0.15, 0.2) is 42.6 Å². The Bertz CT molecular complexity index is 1010. The zero-order valence-electron chi connectivity index (χ0n) is 12.5. The third kappa shape index (κ3) is 2.73. The van der Waals surface area contributed by atoms with E-state index in [1.165, 1.54) is 12.3 Å². The summed E-state index contributed by atoms with van der Waals surface area (Å²) in [5, 5.41) is 11.3. The summed E-state index contributed by atoms with van der Waals surface area (Å²) < 4.78 is 19.4. The van der Waals surface area contributed by atoms with Gasteiger partial charge in [0.05, 0.1) is 17.0 Å². The van der Waals surface area contributed by atoms with Crippen LogP contribution in [0, 0.1) is 29.4 Å². The topological polar surface area (TPSA) is 69.6 Å². The van der Waals surface area contributed by atoms with E-state index < -0.39 is 16.4 Å². The van der Waals surface area contributed by atoms with E-state index in [-0.39, 0.29) is 5.75 Å². The Morgan fingerprint density at radius 1 is 1.29 bits per heavy atom. The highest BCUT2D eigenvalue weighted by molar-refractivity contribution is 5.89. The molecule has 0 aliphatic rings. The van der Waals surface area contributed by atoms with Crippen LogP contribution in [0.5, 0.6) is 11.5 Å². The molecule has 24 heavy (non-hydrogen) atoms. The van der Waals surface area contributed by atoms with Gasteiger partial charge in [0.25, 0.3) is 0 Å². The molecule has 2 aromatic carbocycles. The minimum Gasteiger partial charge on any atom is -0.457 e. The van der Waals surface area contributed by atoms with Gasteiger partial charge in [0.2, 0.25) is 5.82 Å². The third-order valence-electron chi connectivity index (χ3n) is 3.48. The van der Waals surface area contributed by atoms with Crippen LogP contribution in [-0.2, 0) is 0 Å². The number of rotatable bonds is 3. The number of halogens is 1. The summed E-state index contributed by atoms with van der Waals surface area (Å²) >= 11 is 0. The maximum absolute atomic E-state index is 13.7. The maximum Gasteiger partial charge on any atom is 0.305 e. The molecule has 0 fully saturated rings. The number of nitro groups is 1. The third-order valence-corrected chi connectivity index (χ3v) is 3.48. The predicted octanol–water partition coefficient (Wildman–Crippen LogP) is 4.93. The molecule has 0 radical (unpaired) electrons. The van der Waals surface area contributed by atoms with Crippen molar-refractivity contribution < 1.29 is 14.1 Å². The first-order valence-electron chi connectivity index (χ1n) is 6.88. The molecule has 0 spiro atoms. The number of aryl methyl sites for hydroxylation is 1. The minimum atomic E-state index is -0.978. The molecule has 0 saturated heterocycles. The fraction of sp³-hybridized carbons (Fsp3) is 0.0588. The molecular formula is C17H10FN3O3. The van der Waals surface area contributed by atoms with Crippen molar-refractivity contribution in [3.8, 4) is 11.5 Å². The second-order valence-corrected chi connectivity index (χ2v) is 5.05. The lowest BCUT2D eigenvalue weighted by atomic mass is 10.1. The van der Waals surface area contributed by atoms with Crippen molar-refractivity contribution in [3.63, 3.8) is 0 Å². The number of aromatic nitrogens is 1. The van der Waals surface area contributed by atoms with Gasteiger partial charge in [-0.3, -0.25) is 15.1 Å². The minimum absolute atomic E-state index is 0.121. The first-order valence-corrected chi connectivity index (χ1v) is 6.88. The lowest BCUT2D eigenvalue weighted by Crippen LogP contribution is -1.94. The number of fused-ring (bicyclic) bond motifs is 1. The zero-order chi connectivity index (χ0) is 17.3. The van der Waals surface area contributed by atoms with Crippen molar-refractivity contribution in [1.82, 2.24) is 4.98 Å². The van der Waals surface area contributed by atoms with E-state index in [4.69, 9.17) is 11.3 Å². The average molecular weight is 323 g/mol. The fourth-order valence-corrected chi connectivity index (χ4v) is 2.30. The Morgan fingerprint density at radius 3 is 2.75 bits per heavy atom. The predicted molar refractivity (Wildman–Crippen MR) is 85.9 cm³/mol. The van der Waals surface area contributed by atoms with Crippen LogP contribution >= 0.6 is 0 Å². The van der Waals surface area contributed by atoms with Crippen LogP contribution in [-0.4, -0.2) is 9.91 Å². The van der Waals surface area contributed by atoms with Gasteiger partial charge in [0.15, 0.2) is 5.69 Å². The van der Waals surface area contributed by atoms with Crippen LogP contribution in [0.4, 0.5) is 15.8 Å². The van der Waals surface area contributed by atoms with Crippen LogP contribution in [0.2, 0.25) is 0 Å². The van der Waals surface area contributed by atoms with Crippen molar-refractivity contribution in [2.75, 3.05) is 0 Å². The lowest BCUT2D eigenvalue weighted by Gasteiger charge is -2.10. The molecule has 0 saturated carbocycles. The van der Waals surface area contributed by atoms with E-state index in [0.29, 0.717) is 22.3 Å². The summed E-state index contributed by atoms with van der Waals surface area (Å²) in [6.07, 6.45) is 1.54. The van der Waals surface area contributed by atoms with Gasteiger partial charge in [-0.1, -0.05) is 0 Å². The number of benzene rings is 2. The number of nitro benzene ring substituents is 1. The van der Waals surface area contributed by atoms with Crippen molar-refractivity contribution in [3.05, 3.63) is 75.5 Å². The van der Waals surface area contributed by atoms with Crippen molar-refractivity contribution >= 4 is 22.3 Å². The highest BCUT2D eigenvalue weighted by atomic mass is 19.1. The summed E-state index contributed by atoms with van der Waals surface area (Å²) in [7, 11) is 0. The molecule has 1 heterocycles. The van der Waals surface area contributed by atoms with E-state index in [9.17, 15) is 14.5 Å². The molecule has 0 bridgehead atoms. The summed E-state index contributed by atoms with van der Waals surface area (Å²) in [6, 6.07) is 8.33. The van der Waals surface area contributed by atoms with Crippen LogP contribution in [0.1, 0.15) is 5.56 Å². The quantitative estimate of drug-likeness (QED) is 0.389. The van der Waals surface area contributed by atoms with Crippen molar-refractivity contribution in [1.29, 1.82) is 0 Å². The van der Waals surface area contributed by atoms with Gasteiger partial charge < -0.3 is 4.74 Å². The Hall–Kier alpha value is -3.53. The van der Waals surface area contributed by atoms with Crippen molar-refractivity contribution in [2.45, 2.75) is 6.92 Å². The molecule has 3 aromatic rings. The molecule has 0 atom stereocenters. The molecule has 0 unspecified atom stereocenters. The smallest absolute Gasteiger partial charge is 0.305 e. The number of hydrogen-bond donors (Lipinski definition) is 0. The Kier molecular flexibility index (Phi) is 3.80. The summed E-state index contributed by atoms with van der Waals surface area (Å²) in [6.45, 7) is 9.01. The standard InChI is InChI=1S/C17H10FN3O3/c1-10-7-15-12(9-14(10)19-2)17(5-6-20-15)24-11-3-4-16(21(22)23)13(18)8-11/h3-9H,1H3. The van der Waals surface area contributed by atoms with Gasteiger partial charge in [0, 0.05) is 23.7 Å². The van der Waals surface area contributed by atoms with Gasteiger partial charge >= 0.3 is 5.69 Å². The maximum atomic E-state index is 13.7. The molecule has 0 amide bonds. The van der Waals surface area contributed by atoms with E-state index in [1.807, 2.05) is 6.92 Å². The Morgan fingerprint density at radius 2 is 2.08 bits per heavy atom. The molecule has 3 rings (SSSR count). The van der Waals surface area contributed by atoms with Crippen molar-refractivity contribution in [2.24, 2.45) is 0 Å².